The third kappa shape index (κ3) is 4.09. The van der Waals surface area contributed by atoms with Gasteiger partial charge in [-0.15, -0.1) is 0 Å². The van der Waals surface area contributed by atoms with Crippen LogP contribution in [0.5, 0.6) is 0 Å². The SMILES string of the molecule is C1=Cc2c(c(-c3ccccc3)cc3c2oc2cccc(N(C4=CC=C5C=CCCC5C4)c4ccc5ccccc5c4)c23)CC1. The average molecular weight is 568 g/mol. The zero-order valence-corrected chi connectivity index (χ0v) is 24.7. The fourth-order valence-electron chi connectivity index (χ4n) is 7.63. The van der Waals surface area contributed by atoms with Crippen molar-refractivity contribution in [3.05, 3.63) is 150 Å². The van der Waals surface area contributed by atoms with E-state index in [1.165, 1.54) is 72.9 Å². The van der Waals surface area contributed by atoms with Crippen LogP contribution in [-0.4, -0.2) is 0 Å². The lowest BCUT2D eigenvalue weighted by molar-refractivity contribution is 0.547. The fourth-order valence-corrected chi connectivity index (χ4v) is 7.63. The summed E-state index contributed by atoms with van der Waals surface area (Å²) < 4.78 is 6.79. The lowest BCUT2D eigenvalue weighted by atomic mass is 9.82. The van der Waals surface area contributed by atoms with Crippen LogP contribution < -0.4 is 4.90 Å². The molecule has 1 atom stereocenters. The first-order valence-corrected chi connectivity index (χ1v) is 15.9. The topological polar surface area (TPSA) is 16.4 Å². The monoisotopic (exact) mass is 567 g/mol. The van der Waals surface area contributed by atoms with Crippen molar-refractivity contribution in [2.75, 3.05) is 4.90 Å². The van der Waals surface area contributed by atoms with E-state index in [9.17, 15) is 0 Å². The summed E-state index contributed by atoms with van der Waals surface area (Å²) in [5, 5.41) is 4.86. The molecule has 1 unspecified atom stereocenters. The van der Waals surface area contributed by atoms with Gasteiger partial charge in [-0.3, -0.25) is 0 Å². The predicted octanol–water partition coefficient (Wildman–Crippen LogP) is 11.7. The Kier molecular flexibility index (Phi) is 5.94. The highest BCUT2D eigenvalue weighted by molar-refractivity contribution is 6.16. The molecule has 1 heterocycles. The molecule has 44 heavy (non-hydrogen) atoms. The Morgan fingerprint density at radius 3 is 2.52 bits per heavy atom. The van der Waals surface area contributed by atoms with E-state index in [0.717, 1.165) is 36.8 Å². The summed E-state index contributed by atoms with van der Waals surface area (Å²) in [6, 6.07) is 35.4. The van der Waals surface area contributed by atoms with E-state index in [0.29, 0.717) is 5.92 Å². The molecule has 212 valence electrons. The van der Waals surface area contributed by atoms with Gasteiger partial charge in [-0.2, -0.15) is 0 Å². The zero-order chi connectivity index (χ0) is 29.0. The van der Waals surface area contributed by atoms with Gasteiger partial charge < -0.3 is 9.32 Å². The summed E-state index contributed by atoms with van der Waals surface area (Å²) in [4.78, 5) is 2.51. The van der Waals surface area contributed by atoms with Gasteiger partial charge in [-0.05, 0) is 107 Å². The molecule has 0 spiro atoms. The first-order valence-electron chi connectivity index (χ1n) is 15.9. The summed E-state index contributed by atoms with van der Waals surface area (Å²) in [7, 11) is 0. The third-order valence-corrected chi connectivity index (χ3v) is 9.75. The van der Waals surface area contributed by atoms with E-state index in [-0.39, 0.29) is 0 Å². The molecule has 6 aromatic rings. The van der Waals surface area contributed by atoms with Crippen LogP contribution in [0.25, 0.3) is 49.9 Å². The molecule has 0 bridgehead atoms. The van der Waals surface area contributed by atoms with E-state index in [2.05, 4.69) is 138 Å². The normalized spacial score (nSPS) is 17.4. The van der Waals surface area contributed by atoms with Crippen molar-refractivity contribution >= 4 is 50.2 Å². The number of anilines is 2. The molecule has 0 radical (unpaired) electrons. The van der Waals surface area contributed by atoms with E-state index in [4.69, 9.17) is 4.42 Å². The van der Waals surface area contributed by atoms with E-state index >= 15 is 0 Å². The summed E-state index contributed by atoms with van der Waals surface area (Å²) in [5.74, 6) is 0.546. The van der Waals surface area contributed by atoms with Crippen molar-refractivity contribution in [2.24, 2.45) is 5.92 Å². The van der Waals surface area contributed by atoms with Gasteiger partial charge in [0.15, 0.2) is 0 Å². The van der Waals surface area contributed by atoms with Crippen LogP contribution in [-0.2, 0) is 6.42 Å². The first kappa shape index (κ1) is 25.4. The molecule has 9 rings (SSSR count). The maximum Gasteiger partial charge on any atom is 0.143 e. The van der Waals surface area contributed by atoms with Crippen LogP contribution in [0.4, 0.5) is 11.4 Å². The van der Waals surface area contributed by atoms with Crippen molar-refractivity contribution in [1.29, 1.82) is 0 Å². The molecule has 2 nitrogen and oxygen atoms in total. The molecular formula is C42H33NO. The van der Waals surface area contributed by atoms with E-state index < -0.39 is 0 Å². The Morgan fingerprint density at radius 2 is 1.59 bits per heavy atom. The minimum Gasteiger partial charge on any atom is -0.455 e. The lowest BCUT2D eigenvalue weighted by Crippen LogP contribution is -2.22. The lowest BCUT2D eigenvalue weighted by Gasteiger charge is -2.34. The molecule has 3 aliphatic carbocycles. The maximum atomic E-state index is 6.79. The second kappa shape index (κ2) is 10.3. The summed E-state index contributed by atoms with van der Waals surface area (Å²) in [6.45, 7) is 0. The first-order chi connectivity index (χ1) is 21.8. The quantitative estimate of drug-likeness (QED) is 0.211. The molecule has 0 fully saturated rings. The van der Waals surface area contributed by atoms with Crippen molar-refractivity contribution in [1.82, 2.24) is 0 Å². The molecule has 3 aliphatic rings. The second-order valence-corrected chi connectivity index (χ2v) is 12.3. The Balaban J connectivity index is 1.33. The molecule has 5 aromatic carbocycles. The van der Waals surface area contributed by atoms with Crippen molar-refractivity contribution in [3.8, 4) is 11.1 Å². The van der Waals surface area contributed by atoms with E-state index in [1.54, 1.807) is 0 Å². The van der Waals surface area contributed by atoms with Gasteiger partial charge in [-0.25, -0.2) is 0 Å². The molecule has 0 saturated carbocycles. The molecule has 0 N–H and O–H groups in total. The highest BCUT2D eigenvalue weighted by atomic mass is 16.3. The molecular weight excluding hydrogens is 534 g/mol. The van der Waals surface area contributed by atoms with Gasteiger partial charge in [0.2, 0.25) is 0 Å². The Morgan fingerprint density at radius 1 is 0.727 bits per heavy atom. The molecule has 0 saturated heterocycles. The summed E-state index contributed by atoms with van der Waals surface area (Å²) in [6.07, 6.45) is 19.3. The van der Waals surface area contributed by atoms with Crippen LogP contribution >= 0.6 is 0 Å². The number of nitrogens with zero attached hydrogens (tertiary/aromatic N) is 1. The third-order valence-electron chi connectivity index (χ3n) is 9.75. The highest BCUT2D eigenvalue weighted by Gasteiger charge is 2.28. The van der Waals surface area contributed by atoms with Gasteiger partial charge in [0.1, 0.15) is 11.2 Å². The minimum absolute atomic E-state index is 0.546. The number of hydrogen-bond acceptors (Lipinski definition) is 2. The standard InChI is InChI=1S/C42H33NO/c1-2-13-30(14-3-1)37-27-38-41-39(19-10-20-40(41)44-42(38)36-18-9-8-17-35(36)37)43(33-23-21-28-11-4-6-15-31(28)25-33)34-24-22-29-12-5-7-16-32(29)26-34/h1-6,9-15,18-25,27,32H,7-8,16-17,26H2. The van der Waals surface area contributed by atoms with Crippen LogP contribution in [0, 0.1) is 5.92 Å². The number of hydrogen-bond donors (Lipinski definition) is 0. The van der Waals surface area contributed by atoms with Crippen LogP contribution in [0.15, 0.2) is 143 Å². The number of rotatable bonds is 4. The average Bonchev–Trinajstić information content (AvgIpc) is 3.48. The Bertz CT molecular complexity index is 2210. The summed E-state index contributed by atoms with van der Waals surface area (Å²) in [5.41, 5.74) is 12.2. The van der Waals surface area contributed by atoms with Crippen LogP contribution in [0.2, 0.25) is 0 Å². The van der Waals surface area contributed by atoms with Crippen molar-refractivity contribution in [2.45, 2.75) is 32.1 Å². The molecule has 0 amide bonds. The minimum atomic E-state index is 0.546. The summed E-state index contributed by atoms with van der Waals surface area (Å²) >= 11 is 0. The zero-order valence-electron chi connectivity index (χ0n) is 24.7. The van der Waals surface area contributed by atoms with Crippen LogP contribution in [0.3, 0.4) is 0 Å². The molecule has 0 aliphatic heterocycles. The largest absolute Gasteiger partial charge is 0.455 e. The smallest absolute Gasteiger partial charge is 0.143 e. The number of benzene rings is 5. The number of allylic oxidation sites excluding steroid dienone is 7. The van der Waals surface area contributed by atoms with Gasteiger partial charge >= 0.3 is 0 Å². The predicted molar refractivity (Wildman–Crippen MR) is 185 cm³/mol. The highest BCUT2D eigenvalue weighted by Crippen LogP contribution is 2.47. The number of fused-ring (bicyclic) bond motifs is 7. The van der Waals surface area contributed by atoms with Crippen LogP contribution in [0.1, 0.15) is 36.8 Å². The van der Waals surface area contributed by atoms with Gasteiger partial charge in [0, 0.05) is 22.3 Å². The van der Waals surface area contributed by atoms with Gasteiger partial charge in [0.25, 0.3) is 0 Å². The molecule has 2 heteroatoms. The van der Waals surface area contributed by atoms with Gasteiger partial charge in [-0.1, -0.05) is 97.1 Å². The number of furan rings is 1. The Labute approximate surface area is 257 Å². The maximum absolute atomic E-state index is 6.79. The fraction of sp³-hybridized carbons (Fsp3) is 0.143. The van der Waals surface area contributed by atoms with Crippen molar-refractivity contribution in [3.63, 3.8) is 0 Å². The van der Waals surface area contributed by atoms with Crippen molar-refractivity contribution < 1.29 is 4.42 Å². The second-order valence-electron chi connectivity index (χ2n) is 12.3. The van der Waals surface area contributed by atoms with Gasteiger partial charge in [0.05, 0.1) is 11.1 Å². The Hall–Kier alpha value is -5.08. The molecule has 1 aromatic heterocycles. The van der Waals surface area contributed by atoms with E-state index in [1.807, 2.05) is 0 Å².